The summed E-state index contributed by atoms with van der Waals surface area (Å²) >= 11 is 0. The molecule has 2 saturated heterocycles. The smallest absolute Gasteiger partial charge is 0.280 e. The Bertz CT molecular complexity index is 1250. The van der Waals surface area contributed by atoms with Crippen molar-refractivity contribution in [3.63, 3.8) is 0 Å². The summed E-state index contributed by atoms with van der Waals surface area (Å²) in [4.78, 5) is 26.7. The second kappa shape index (κ2) is 11.6. The highest BCUT2D eigenvalue weighted by atomic mass is 19.1. The van der Waals surface area contributed by atoms with E-state index in [1.165, 1.54) is 30.3 Å². The fourth-order valence-electron chi connectivity index (χ4n) is 5.05. The summed E-state index contributed by atoms with van der Waals surface area (Å²) in [6.07, 6.45) is 1.98. The summed E-state index contributed by atoms with van der Waals surface area (Å²) < 4.78 is 25.6. The number of carbonyl (C=O) groups excluding carboxylic acids is 1. The molecule has 0 radical (unpaired) electrons. The lowest BCUT2D eigenvalue weighted by atomic mass is 9.95. The quantitative estimate of drug-likeness (QED) is 0.246. The molecule has 9 nitrogen and oxygen atoms in total. The molecule has 194 valence electrons. The van der Waals surface area contributed by atoms with Gasteiger partial charge in [-0.05, 0) is 44.4 Å². The summed E-state index contributed by atoms with van der Waals surface area (Å²) in [6, 6.07) is 9.43. The van der Waals surface area contributed by atoms with Gasteiger partial charge in [0.25, 0.3) is 5.69 Å². The van der Waals surface area contributed by atoms with Crippen LogP contribution in [0.1, 0.15) is 31.7 Å². The molecule has 2 heterocycles. The molecule has 2 aliphatic rings. The zero-order valence-corrected chi connectivity index (χ0v) is 20.4. The number of nitro groups is 1. The van der Waals surface area contributed by atoms with E-state index in [-0.39, 0.29) is 40.7 Å². The lowest BCUT2D eigenvalue weighted by Crippen LogP contribution is -2.49. The van der Waals surface area contributed by atoms with Crippen LogP contribution in [-0.4, -0.2) is 65.3 Å². The van der Waals surface area contributed by atoms with Crippen LogP contribution in [0.25, 0.3) is 17.2 Å². The molecule has 0 saturated carbocycles. The van der Waals surface area contributed by atoms with Crippen molar-refractivity contribution in [3.05, 3.63) is 63.5 Å². The lowest BCUT2D eigenvalue weighted by molar-refractivity contribution is -0.385. The van der Waals surface area contributed by atoms with E-state index in [2.05, 4.69) is 0 Å². The number of ketones is 1. The molecule has 2 aromatic carbocycles. The van der Waals surface area contributed by atoms with Crippen LogP contribution in [0.15, 0.2) is 42.0 Å². The SMILES string of the molecule is CCOc1cc([N+](=O)[O-])c(C=C(C#N)C(=O)C2C(O)CCN2C2CCOCC2)cc1-c1ccccc1F. The van der Waals surface area contributed by atoms with Crippen LogP contribution < -0.4 is 4.74 Å². The zero-order valence-electron chi connectivity index (χ0n) is 20.4. The highest BCUT2D eigenvalue weighted by molar-refractivity contribution is 6.07. The van der Waals surface area contributed by atoms with E-state index in [1.807, 2.05) is 11.0 Å². The topological polar surface area (TPSA) is 126 Å². The number of aliphatic hydroxyl groups excluding tert-OH is 1. The van der Waals surface area contributed by atoms with E-state index < -0.39 is 34.4 Å². The molecule has 2 fully saturated rings. The second-order valence-electron chi connectivity index (χ2n) is 8.99. The number of nitriles is 1. The van der Waals surface area contributed by atoms with E-state index >= 15 is 0 Å². The van der Waals surface area contributed by atoms with Gasteiger partial charge in [0.1, 0.15) is 23.7 Å². The molecule has 0 spiro atoms. The fraction of sp³-hybridized carbons (Fsp3) is 0.407. The summed E-state index contributed by atoms with van der Waals surface area (Å²) in [5, 5.41) is 32.4. The van der Waals surface area contributed by atoms with Crippen molar-refractivity contribution in [1.29, 1.82) is 5.26 Å². The number of carbonyl (C=O) groups is 1. The number of hydrogen-bond acceptors (Lipinski definition) is 8. The number of ether oxygens (including phenoxy) is 2. The van der Waals surface area contributed by atoms with E-state index in [4.69, 9.17) is 9.47 Å². The average molecular weight is 510 g/mol. The molecule has 0 amide bonds. The van der Waals surface area contributed by atoms with E-state index in [1.54, 1.807) is 13.0 Å². The maximum atomic E-state index is 14.7. The van der Waals surface area contributed by atoms with Crippen LogP contribution >= 0.6 is 0 Å². The van der Waals surface area contributed by atoms with Crippen molar-refractivity contribution in [2.24, 2.45) is 0 Å². The molecule has 2 unspecified atom stereocenters. The minimum absolute atomic E-state index is 0.0345. The minimum atomic E-state index is -0.962. The van der Waals surface area contributed by atoms with E-state index in [0.717, 1.165) is 6.08 Å². The zero-order chi connectivity index (χ0) is 26.5. The third-order valence-electron chi connectivity index (χ3n) is 6.81. The fourth-order valence-corrected chi connectivity index (χ4v) is 5.05. The van der Waals surface area contributed by atoms with Gasteiger partial charge in [-0.3, -0.25) is 19.8 Å². The number of nitrogens with zero attached hydrogens (tertiary/aromatic N) is 3. The first kappa shape index (κ1) is 26.4. The Labute approximate surface area is 213 Å². The summed E-state index contributed by atoms with van der Waals surface area (Å²) in [7, 11) is 0. The Kier molecular flexibility index (Phi) is 8.28. The molecule has 2 atom stereocenters. The number of hydrogen-bond donors (Lipinski definition) is 1. The number of halogens is 1. The predicted molar refractivity (Wildman–Crippen MR) is 133 cm³/mol. The second-order valence-corrected chi connectivity index (χ2v) is 8.99. The van der Waals surface area contributed by atoms with Gasteiger partial charge in [-0.1, -0.05) is 18.2 Å². The number of aliphatic hydroxyl groups is 1. The molecule has 4 rings (SSSR count). The van der Waals surface area contributed by atoms with Crippen LogP contribution in [0.4, 0.5) is 10.1 Å². The van der Waals surface area contributed by atoms with Crippen LogP contribution in [0, 0.1) is 27.3 Å². The van der Waals surface area contributed by atoms with Gasteiger partial charge >= 0.3 is 0 Å². The van der Waals surface area contributed by atoms with Gasteiger partial charge in [0.05, 0.1) is 34.8 Å². The molecule has 0 bridgehead atoms. The predicted octanol–water partition coefficient (Wildman–Crippen LogP) is 3.89. The van der Waals surface area contributed by atoms with Gasteiger partial charge in [-0.15, -0.1) is 0 Å². The van der Waals surface area contributed by atoms with E-state index in [9.17, 15) is 29.7 Å². The van der Waals surface area contributed by atoms with Crippen LogP contribution in [0.5, 0.6) is 5.75 Å². The van der Waals surface area contributed by atoms with Gasteiger partial charge in [-0.2, -0.15) is 5.26 Å². The average Bonchev–Trinajstić information content (AvgIpc) is 3.29. The Morgan fingerprint density at radius 1 is 1.30 bits per heavy atom. The van der Waals surface area contributed by atoms with E-state index in [0.29, 0.717) is 39.0 Å². The highest BCUT2D eigenvalue weighted by Gasteiger charge is 2.43. The Morgan fingerprint density at radius 3 is 2.68 bits per heavy atom. The number of benzene rings is 2. The first-order valence-corrected chi connectivity index (χ1v) is 12.2. The van der Waals surface area contributed by atoms with Crippen molar-refractivity contribution in [1.82, 2.24) is 4.90 Å². The van der Waals surface area contributed by atoms with Crippen molar-refractivity contribution < 1.29 is 28.7 Å². The standard InChI is InChI=1S/C27H28FN3O6/c1-2-37-25-15-23(31(34)35)17(14-21(25)20-5-3-4-6-22(20)28)13-18(16-29)27(33)26-24(32)7-10-30(26)19-8-11-36-12-9-19/h3-6,13-15,19,24,26,32H,2,7-12H2,1H3. The summed E-state index contributed by atoms with van der Waals surface area (Å²) in [5.74, 6) is -1.04. The van der Waals surface area contributed by atoms with Crippen LogP contribution in [-0.2, 0) is 9.53 Å². The highest BCUT2D eigenvalue weighted by Crippen LogP contribution is 2.38. The largest absolute Gasteiger partial charge is 0.493 e. The molecule has 2 aromatic rings. The van der Waals surface area contributed by atoms with Crippen molar-refractivity contribution in [2.75, 3.05) is 26.4 Å². The first-order chi connectivity index (χ1) is 17.8. The van der Waals surface area contributed by atoms with Gasteiger partial charge in [-0.25, -0.2) is 4.39 Å². The monoisotopic (exact) mass is 509 g/mol. The molecule has 1 N–H and O–H groups in total. The van der Waals surface area contributed by atoms with Gasteiger partial charge < -0.3 is 14.6 Å². The lowest BCUT2D eigenvalue weighted by Gasteiger charge is -2.35. The van der Waals surface area contributed by atoms with Crippen molar-refractivity contribution in [3.8, 4) is 22.9 Å². The van der Waals surface area contributed by atoms with Crippen molar-refractivity contribution >= 4 is 17.5 Å². The summed E-state index contributed by atoms with van der Waals surface area (Å²) in [6.45, 7) is 3.50. The van der Waals surface area contributed by atoms with Gasteiger partial charge in [0.15, 0.2) is 5.78 Å². The molecule has 37 heavy (non-hydrogen) atoms. The number of nitro benzene ring substituents is 1. The summed E-state index contributed by atoms with van der Waals surface area (Å²) in [5.41, 5.74) is -0.336. The Hall–Kier alpha value is -3.65. The first-order valence-electron chi connectivity index (χ1n) is 12.2. The van der Waals surface area contributed by atoms with Crippen LogP contribution in [0.3, 0.4) is 0 Å². The third kappa shape index (κ3) is 5.54. The maximum Gasteiger partial charge on any atom is 0.280 e. The van der Waals surface area contributed by atoms with Crippen molar-refractivity contribution in [2.45, 2.75) is 44.4 Å². The molecular weight excluding hydrogens is 481 g/mol. The molecule has 2 aliphatic heterocycles. The Morgan fingerprint density at radius 2 is 2.03 bits per heavy atom. The normalized spacial score (nSPS) is 21.0. The molecular formula is C27H28FN3O6. The minimum Gasteiger partial charge on any atom is -0.493 e. The molecule has 0 aliphatic carbocycles. The molecule has 0 aromatic heterocycles. The third-order valence-corrected chi connectivity index (χ3v) is 6.81. The maximum absolute atomic E-state index is 14.7. The number of Topliss-reactive ketones (excluding diaryl/α,β-unsaturated/α-hetero) is 1. The van der Waals surface area contributed by atoms with Gasteiger partial charge in [0, 0.05) is 36.9 Å². The number of rotatable bonds is 8. The number of likely N-dealkylation sites (tertiary alicyclic amines) is 1. The molecule has 10 heteroatoms. The van der Waals surface area contributed by atoms with Crippen LogP contribution in [0.2, 0.25) is 0 Å². The van der Waals surface area contributed by atoms with Gasteiger partial charge in [0.2, 0.25) is 0 Å². The Balaban J connectivity index is 1.78.